The number of nitrogens with one attached hydrogen (secondary N) is 2. The van der Waals surface area contributed by atoms with Gasteiger partial charge >= 0.3 is 0 Å². The van der Waals surface area contributed by atoms with E-state index in [0.717, 1.165) is 18.6 Å². The first-order chi connectivity index (χ1) is 8.81. The molecule has 2 aliphatic rings. The van der Waals surface area contributed by atoms with Gasteiger partial charge in [-0.05, 0) is 45.1 Å². The molecule has 2 N–H and O–H groups in total. The summed E-state index contributed by atoms with van der Waals surface area (Å²) in [6.45, 7) is 4.28. The molecule has 0 aromatic carbocycles. The Morgan fingerprint density at radius 2 is 1.94 bits per heavy atom. The topological polar surface area (TPSA) is 33.3 Å². The van der Waals surface area contributed by atoms with Gasteiger partial charge in [0.05, 0.1) is 6.61 Å². The summed E-state index contributed by atoms with van der Waals surface area (Å²) in [4.78, 5) is 0. The lowest BCUT2D eigenvalue weighted by atomic mass is 9.77. The van der Waals surface area contributed by atoms with E-state index in [4.69, 9.17) is 4.74 Å². The van der Waals surface area contributed by atoms with E-state index < -0.39 is 0 Å². The van der Waals surface area contributed by atoms with Crippen LogP contribution in [-0.4, -0.2) is 38.4 Å². The van der Waals surface area contributed by atoms with Crippen LogP contribution in [0.2, 0.25) is 0 Å². The van der Waals surface area contributed by atoms with E-state index in [9.17, 15) is 0 Å². The van der Waals surface area contributed by atoms with Crippen molar-refractivity contribution in [3.8, 4) is 0 Å². The summed E-state index contributed by atoms with van der Waals surface area (Å²) in [6.07, 6.45) is 9.70. The molecule has 1 saturated carbocycles. The summed E-state index contributed by atoms with van der Waals surface area (Å²) >= 11 is 0. The van der Waals surface area contributed by atoms with Crippen LogP contribution in [0.25, 0.3) is 0 Å². The van der Waals surface area contributed by atoms with E-state index in [1.807, 2.05) is 0 Å². The maximum Gasteiger partial charge on any atom is 0.0613 e. The van der Waals surface area contributed by atoms with Crippen molar-refractivity contribution >= 4 is 0 Å². The minimum absolute atomic E-state index is 0.476. The van der Waals surface area contributed by atoms with Crippen LogP contribution in [0, 0.1) is 5.92 Å². The Morgan fingerprint density at radius 1 is 1.17 bits per heavy atom. The zero-order chi connectivity index (χ0) is 12.8. The fourth-order valence-electron chi connectivity index (χ4n) is 3.76. The molecule has 3 heteroatoms. The van der Waals surface area contributed by atoms with E-state index in [0.29, 0.717) is 12.1 Å². The van der Waals surface area contributed by atoms with Gasteiger partial charge in [-0.25, -0.2) is 0 Å². The Kier molecular flexibility index (Phi) is 5.93. The lowest BCUT2D eigenvalue weighted by molar-refractivity contribution is 0.133. The number of piperidine rings is 1. The first-order valence-electron chi connectivity index (χ1n) is 7.79. The van der Waals surface area contributed by atoms with Gasteiger partial charge in [-0.15, -0.1) is 0 Å². The first-order valence-corrected chi connectivity index (χ1v) is 7.79. The Bertz CT molecular complexity index is 229. The molecule has 0 aromatic rings. The maximum atomic E-state index is 5.25. The lowest BCUT2D eigenvalue weighted by Crippen LogP contribution is -2.53. The van der Waals surface area contributed by atoms with Crippen LogP contribution >= 0.6 is 0 Å². The van der Waals surface area contributed by atoms with Gasteiger partial charge in [-0.1, -0.05) is 19.3 Å². The molecule has 1 saturated heterocycles. The average molecular weight is 254 g/mol. The molecule has 1 aliphatic heterocycles. The normalized spacial score (nSPS) is 35.3. The zero-order valence-electron chi connectivity index (χ0n) is 12.1. The minimum Gasteiger partial charge on any atom is -0.383 e. The number of ether oxygens (including phenoxy) is 1. The third-order valence-corrected chi connectivity index (χ3v) is 4.60. The van der Waals surface area contributed by atoms with Crippen molar-refractivity contribution < 1.29 is 4.74 Å². The predicted molar refractivity (Wildman–Crippen MR) is 75.9 cm³/mol. The monoisotopic (exact) mass is 254 g/mol. The SMILES string of the molecule is COCC(C)NC1CCCCC1C1CCCCN1. The Morgan fingerprint density at radius 3 is 2.67 bits per heavy atom. The smallest absolute Gasteiger partial charge is 0.0613 e. The fourth-order valence-corrected chi connectivity index (χ4v) is 3.76. The molecule has 1 aliphatic carbocycles. The molecule has 4 atom stereocenters. The summed E-state index contributed by atoms with van der Waals surface area (Å²) in [5.74, 6) is 0.832. The average Bonchev–Trinajstić information content (AvgIpc) is 2.40. The van der Waals surface area contributed by atoms with Crippen LogP contribution in [0.15, 0.2) is 0 Å². The summed E-state index contributed by atoms with van der Waals surface area (Å²) in [7, 11) is 1.79. The van der Waals surface area contributed by atoms with Crippen LogP contribution in [-0.2, 0) is 4.74 Å². The standard InChI is InChI=1S/C15H30N2O/c1-12(11-18-2)17-15-9-4-3-7-13(15)14-8-5-6-10-16-14/h12-17H,3-11H2,1-2H3. The van der Waals surface area contributed by atoms with Gasteiger partial charge < -0.3 is 15.4 Å². The molecule has 0 spiro atoms. The van der Waals surface area contributed by atoms with Crippen LogP contribution < -0.4 is 10.6 Å². The predicted octanol–water partition coefficient (Wildman–Crippen LogP) is 2.31. The largest absolute Gasteiger partial charge is 0.383 e. The minimum atomic E-state index is 0.476. The molecule has 106 valence electrons. The van der Waals surface area contributed by atoms with Crippen molar-refractivity contribution in [2.45, 2.75) is 70.0 Å². The Balaban J connectivity index is 1.88. The third kappa shape index (κ3) is 3.94. The molecule has 2 rings (SSSR count). The Hall–Kier alpha value is -0.120. The van der Waals surface area contributed by atoms with Crippen molar-refractivity contribution in [1.29, 1.82) is 0 Å². The van der Waals surface area contributed by atoms with Crippen LogP contribution in [0.5, 0.6) is 0 Å². The van der Waals surface area contributed by atoms with Gasteiger partial charge in [-0.3, -0.25) is 0 Å². The molecule has 18 heavy (non-hydrogen) atoms. The lowest BCUT2D eigenvalue weighted by Gasteiger charge is -2.41. The van der Waals surface area contributed by atoms with Gasteiger partial charge in [0.25, 0.3) is 0 Å². The Labute approximate surface area is 112 Å². The second kappa shape index (κ2) is 7.46. The highest BCUT2D eigenvalue weighted by Crippen LogP contribution is 2.30. The van der Waals surface area contributed by atoms with Gasteiger partial charge in [0.1, 0.15) is 0 Å². The quantitative estimate of drug-likeness (QED) is 0.790. The fraction of sp³-hybridized carbons (Fsp3) is 1.00. The highest BCUT2D eigenvalue weighted by Gasteiger charge is 2.32. The van der Waals surface area contributed by atoms with E-state index in [1.54, 1.807) is 7.11 Å². The van der Waals surface area contributed by atoms with E-state index in [1.165, 1.54) is 51.5 Å². The summed E-state index contributed by atoms with van der Waals surface area (Å²) in [5, 5.41) is 7.55. The molecule has 1 heterocycles. The van der Waals surface area contributed by atoms with Crippen molar-refractivity contribution in [2.24, 2.45) is 5.92 Å². The number of rotatable bonds is 5. The van der Waals surface area contributed by atoms with Crippen molar-refractivity contribution in [3.05, 3.63) is 0 Å². The second-order valence-corrected chi connectivity index (χ2v) is 6.13. The van der Waals surface area contributed by atoms with Crippen molar-refractivity contribution in [2.75, 3.05) is 20.3 Å². The van der Waals surface area contributed by atoms with Gasteiger partial charge in [0.2, 0.25) is 0 Å². The third-order valence-electron chi connectivity index (χ3n) is 4.60. The molecule has 3 nitrogen and oxygen atoms in total. The second-order valence-electron chi connectivity index (χ2n) is 6.13. The molecule has 0 amide bonds. The molecule has 4 unspecified atom stereocenters. The van der Waals surface area contributed by atoms with Gasteiger partial charge in [0.15, 0.2) is 0 Å². The zero-order valence-corrected chi connectivity index (χ0v) is 12.1. The van der Waals surface area contributed by atoms with Gasteiger partial charge in [0, 0.05) is 25.2 Å². The molecular formula is C15H30N2O. The van der Waals surface area contributed by atoms with Gasteiger partial charge in [-0.2, -0.15) is 0 Å². The summed E-state index contributed by atoms with van der Waals surface area (Å²) in [5.41, 5.74) is 0. The highest BCUT2D eigenvalue weighted by atomic mass is 16.5. The first kappa shape index (κ1) is 14.3. The highest BCUT2D eigenvalue weighted by molar-refractivity contribution is 4.91. The molecule has 2 fully saturated rings. The van der Waals surface area contributed by atoms with E-state index >= 15 is 0 Å². The van der Waals surface area contributed by atoms with Crippen LogP contribution in [0.1, 0.15) is 51.9 Å². The summed E-state index contributed by atoms with van der Waals surface area (Å²) in [6, 6.07) is 1.93. The number of methoxy groups -OCH3 is 1. The molecule has 0 bridgehead atoms. The van der Waals surface area contributed by atoms with Crippen molar-refractivity contribution in [3.63, 3.8) is 0 Å². The van der Waals surface area contributed by atoms with Crippen LogP contribution in [0.3, 0.4) is 0 Å². The van der Waals surface area contributed by atoms with E-state index in [-0.39, 0.29) is 0 Å². The molecule has 0 aromatic heterocycles. The van der Waals surface area contributed by atoms with E-state index in [2.05, 4.69) is 17.6 Å². The van der Waals surface area contributed by atoms with Crippen LogP contribution in [0.4, 0.5) is 0 Å². The molecule has 0 radical (unpaired) electrons. The molecular weight excluding hydrogens is 224 g/mol. The summed E-state index contributed by atoms with van der Waals surface area (Å²) < 4.78 is 5.25. The number of hydrogen-bond acceptors (Lipinski definition) is 3. The van der Waals surface area contributed by atoms with Crippen molar-refractivity contribution in [1.82, 2.24) is 10.6 Å². The number of hydrogen-bond donors (Lipinski definition) is 2. The maximum absolute atomic E-state index is 5.25.